The molecule has 0 bridgehead atoms. The highest BCUT2D eigenvalue weighted by molar-refractivity contribution is 6.30. The summed E-state index contributed by atoms with van der Waals surface area (Å²) < 4.78 is 48.6. The second-order valence-electron chi connectivity index (χ2n) is 10.1. The number of alkyl halides is 3. The molecular formula is C31H32ClF3O4. The van der Waals surface area contributed by atoms with Gasteiger partial charge >= 0.3 is 12.3 Å². The lowest BCUT2D eigenvalue weighted by atomic mass is 9.74. The molecule has 208 valence electrons. The van der Waals surface area contributed by atoms with Gasteiger partial charge in [0.1, 0.15) is 11.5 Å². The van der Waals surface area contributed by atoms with Gasteiger partial charge in [-0.1, -0.05) is 55.8 Å². The van der Waals surface area contributed by atoms with E-state index in [0.29, 0.717) is 23.6 Å². The molecular weight excluding hydrogens is 529 g/mol. The van der Waals surface area contributed by atoms with Crippen LogP contribution in [0.3, 0.4) is 0 Å². The molecule has 0 amide bonds. The van der Waals surface area contributed by atoms with Crippen LogP contribution in [0.5, 0.6) is 11.5 Å². The van der Waals surface area contributed by atoms with Crippen molar-refractivity contribution in [1.82, 2.24) is 0 Å². The van der Waals surface area contributed by atoms with E-state index in [1.807, 2.05) is 42.5 Å². The van der Waals surface area contributed by atoms with Gasteiger partial charge in [0, 0.05) is 10.9 Å². The number of carboxylic acids is 1. The van der Waals surface area contributed by atoms with E-state index in [-0.39, 0.29) is 23.5 Å². The van der Waals surface area contributed by atoms with Crippen molar-refractivity contribution >= 4 is 17.6 Å². The Kier molecular flexibility index (Phi) is 9.11. The zero-order chi connectivity index (χ0) is 28.2. The predicted molar refractivity (Wildman–Crippen MR) is 145 cm³/mol. The van der Waals surface area contributed by atoms with Crippen molar-refractivity contribution in [3.63, 3.8) is 0 Å². The highest BCUT2D eigenvalue weighted by atomic mass is 35.5. The third-order valence-corrected chi connectivity index (χ3v) is 7.84. The number of hydrogen-bond acceptors (Lipinski definition) is 3. The molecule has 0 radical (unpaired) electrons. The Labute approximate surface area is 231 Å². The first-order valence-corrected chi connectivity index (χ1v) is 13.5. The van der Waals surface area contributed by atoms with Gasteiger partial charge < -0.3 is 14.6 Å². The first kappa shape index (κ1) is 28.8. The second-order valence-corrected chi connectivity index (χ2v) is 10.6. The lowest BCUT2D eigenvalue weighted by molar-refractivity contribution is -0.274. The molecule has 8 heteroatoms. The molecule has 4 nitrogen and oxygen atoms in total. The van der Waals surface area contributed by atoms with Gasteiger partial charge in [-0.15, -0.1) is 13.2 Å². The lowest BCUT2D eigenvalue weighted by Gasteiger charge is -2.30. The molecule has 0 spiro atoms. The summed E-state index contributed by atoms with van der Waals surface area (Å²) in [7, 11) is 0. The molecule has 3 aromatic carbocycles. The molecule has 4 unspecified atom stereocenters. The first-order valence-electron chi connectivity index (χ1n) is 13.2. The third kappa shape index (κ3) is 7.47. The molecule has 39 heavy (non-hydrogen) atoms. The number of ether oxygens (including phenoxy) is 2. The van der Waals surface area contributed by atoms with Crippen LogP contribution in [-0.2, 0) is 17.6 Å². The van der Waals surface area contributed by atoms with Gasteiger partial charge in [-0.3, -0.25) is 0 Å². The fourth-order valence-electron chi connectivity index (χ4n) is 5.62. The summed E-state index contributed by atoms with van der Waals surface area (Å²) in [5.41, 5.74) is 3.99. The van der Waals surface area contributed by atoms with Crippen LogP contribution in [-0.4, -0.2) is 23.5 Å². The Morgan fingerprint density at radius 2 is 1.82 bits per heavy atom. The van der Waals surface area contributed by atoms with Crippen molar-refractivity contribution in [3.05, 3.63) is 94.0 Å². The fraction of sp³-hybridized carbons (Fsp3) is 0.387. The summed E-state index contributed by atoms with van der Waals surface area (Å²) in [6.45, 7) is 3.97. The number of benzene rings is 3. The molecule has 1 aliphatic rings. The van der Waals surface area contributed by atoms with Crippen LogP contribution in [0.2, 0.25) is 5.02 Å². The van der Waals surface area contributed by atoms with Crippen LogP contribution in [0, 0.1) is 11.8 Å². The first-order chi connectivity index (χ1) is 18.5. The SMILES string of the molecule is CCC(Oc1cccc(CCC2CCc3cc(OC(F)(F)F)ccc3C(c3ccc(Cl)cc3)C2C)c1)C(=O)O. The van der Waals surface area contributed by atoms with Gasteiger partial charge in [0.25, 0.3) is 0 Å². The minimum atomic E-state index is -4.75. The van der Waals surface area contributed by atoms with Crippen LogP contribution >= 0.6 is 11.6 Å². The smallest absolute Gasteiger partial charge is 0.479 e. The fourth-order valence-corrected chi connectivity index (χ4v) is 5.74. The van der Waals surface area contributed by atoms with Crippen molar-refractivity contribution in [2.24, 2.45) is 11.8 Å². The minimum absolute atomic E-state index is 0.0137. The van der Waals surface area contributed by atoms with Gasteiger partial charge in [-0.05, 0) is 103 Å². The largest absolute Gasteiger partial charge is 0.573 e. The minimum Gasteiger partial charge on any atom is -0.479 e. The number of carbonyl (C=O) groups is 1. The number of aryl methyl sites for hydroxylation is 2. The van der Waals surface area contributed by atoms with Gasteiger partial charge in [0.2, 0.25) is 0 Å². The molecule has 0 saturated carbocycles. The van der Waals surface area contributed by atoms with E-state index >= 15 is 0 Å². The van der Waals surface area contributed by atoms with Gasteiger partial charge in [0.15, 0.2) is 6.10 Å². The molecule has 0 fully saturated rings. The maximum Gasteiger partial charge on any atom is 0.573 e. The number of rotatable bonds is 9. The van der Waals surface area contributed by atoms with Crippen LogP contribution in [0.1, 0.15) is 61.3 Å². The maximum absolute atomic E-state index is 12.9. The van der Waals surface area contributed by atoms with Crippen molar-refractivity contribution in [3.8, 4) is 11.5 Å². The summed E-state index contributed by atoms with van der Waals surface area (Å²) in [6, 6.07) is 19.9. The van der Waals surface area contributed by atoms with E-state index in [9.17, 15) is 23.1 Å². The van der Waals surface area contributed by atoms with Crippen LogP contribution < -0.4 is 9.47 Å². The van der Waals surface area contributed by atoms with Crippen LogP contribution in [0.15, 0.2) is 66.7 Å². The average molecular weight is 561 g/mol. The molecule has 1 aliphatic carbocycles. The Balaban J connectivity index is 1.58. The van der Waals surface area contributed by atoms with Gasteiger partial charge in [0.05, 0.1) is 0 Å². The topological polar surface area (TPSA) is 55.8 Å². The molecule has 0 saturated heterocycles. The Morgan fingerprint density at radius 1 is 1.08 bits per heavy atom. The summed E-state index contributed by atoms with van der Waals surface area (Å²) >= 11 is 6.15. The Bertz CT molecular complexity index is 1280. The maximum atomic E-state index is 12.9. The summed E-state index contributed by atoms with van der Waals surface area (Å²) in [6.07, 6.45) is -2.19. The number of carboxylic acid groups (broad SMARTS) is 1. The molecule has 4 rings (SSSR count). The van der Waals surface area contributed by atoms with Crippen LogP contribution in [0.25, 0.3) is 0 Å². The number of hydrogen-bond donors (Lipinski definition) is 1. The monoisotopic (exact) mass is 560 g/mol. The van der Waals surface area contributed by atoms with Gasteiger partial charge in [-0.2, -0.15) is 0 Å². The van der Waals surface area contributed by atoms with Crippen molar-refractivity contribution in [1.29, 1.82) is 0 Å². The van der Waals surface area contributed by atoms with E-state index in [1.165, 1.54) is 12.1 Å². The van der Waals surface area contributed by atoms with Gasteiger partial charge in [-0.25, -0.2) is 4.79 Å². The third-order valence-electron chi connectivity index (χ3n) is 7.59. The van der Waals surface area contributed by atoms with E-state index in [1.54, 1.807) is 19.1 Å². The van der Waals surface area contributed by atoms with E-state index in [2.05, 4.69) is 11.7 Å². The molecule has 1 N–H and O–H groups in total. The normalized spacial score (nSPS) is 20.0. The molecule has 0 aliphatic heterocycles. The zero-order valence-corrected chi connectivity index (χ0v) is 22.6. The Morgan fingerprint density at radius 3 is 2.49 bits per heavy atom. The number of fused-ring (bicyclic) bond motifs is 1. The van der Waals surface area contributed by atoms with Crippen molar-refractivity contribution in [2.45, 2.75) is 64.3 Å². The number of halogens is 4. The van der Waals surface area contributed by atoms with E-state index in [0.717, 1.165) is 41.5 Å². The van der Waals surface area contributed by atoms with E-state index in [4.69, 9.17) is 16.3 Å². The van der Waals surface area contributed by atoms with Crippen LogP contribution in [0.4, 0.5) is 13.2 Å². The van der Waals surface area contributed by atoms with Crippen molar-refractivity contribution < 1.29 is 32.5 Å². The second kappa shape index (κ2) is 12.3. The van der Waals surface area contributed by atoms with E-state index < -0.39 is 18.4 Å². The average Bonchev–Trinajstić information content (AvgIpc) is 3.01. The van der Waals surface area contributed by atoms with Crippen molar-refractivity contribution in [2.75, 3.05) is 0 Å². The summed E-state index contributed by atoms with van der Waals surface area (Å²) in [5, 5.41) is 9.94. The highest BCUT2D eigenvalue weighted by Crippen LogP contribution is 2.45. The Hall–Kier alpha value is -3.19. The predicted octanol–water partition coefficient (Wildman–Crippen LogP) is 8.44. The molecule has 0 heterocycles. The summed E-state index contributed by atoms with van der Waals surface area (Å²) in [4.78, 5) is 11.4. The molecule has 4 atom stereocenters. The molecule has 0 aromatic heterocycles. The number of aliphatic carboxylic acids is 1. The lowest BCUT2D eigenvalue weighted by Crippen LogP contribution is -2.25. The standard InChI is InChI=1S/C31H32ClF3O4/c1-3-28(30(36)37)38-25-6-4-5-20(17-25)7-8-21-9-10-23-18-26(39-31(33,34)35)15-16-27(23)29(19(21)2)22-11-13-24(32)14-12-22/h4-6,11-19,21,28-29H,3,7-10H2,1-2H3,(H,36,37). The summed E-state index contributed by atoms with van der Waals surface area (Å²) in [5.74, 6) is -0.188. The highest BCUT2D eigenvalue weighted by Gasteiger charge is 2.35. The quantitative estimate of drug-likeness (QED) is 0.267. The molecule has 3 aromatic rings. The zero-order valence-electron chi connectivity index (χ0n) is 21.9.